The Labute approximate surface area is 99.7 Å². The summed E-state index contributed by atoms with van der Waals surface area (Å²) in [6, 6.07) is 0. The Morgan fingerprint density at radius 1 is 1.47 bits per heavy atom. The van der Waals surface area contributed by atoms with Crippen molar-refractivity contribution >= 4 is 11.8 Å². The zero-order chi connectivity index (χ0) is 12.5. The SMILES string of the molecule is CCCOCCCNc1nc(NN)ncc1F. The lowest BCUT2D eigenvalue weighted by atomic mass is 10.4. The molecule has 0 fully saturated rings. The maximum Gasteiger partial charge on any atom is 0.239 e. The molecule has 1 aromatic heterocycles. The van der Waals surface area contributed by atoms with E-state index < -0.39 is 5.82 Å². The summed E-state index contributed by atoms with van der Waals surface area (Å²) < 4.78 is 18.5. The van der Waals surface area contributed by atoms with E-state index >= 15 is 0 Å². The van der Waals surface area contributed by atoms with Crippen molar-refractivity contribution < 1.29 is 9.13 Å². The molecule has 0 atom stereocenters. The minimum absolute atomic E-state index is 0.142. The summed E-state index contributed by atoms with van der Waals surface area (Å²) in [4.78, 5) is 7.49. The second-order valence-corrected chi connectivity index (χ2v) is 3.43. The molecule has 0 saturated heterocycles. The summed E-state index contributed by atoms with van der Waals surface area (Å²) in [5, 5.41) is 2.86. The molecule has 0 bridgehead atoms. The quantitative estimate of drug-likeness (QED) is 0.360. The number of hydrazine groups is 1. The molecule has 7 heteroatoms. The Balaban J connectivity index is 2.30. The number of hydrogen-bond donors (Lipinski definition) is 3. The first kappa shape index (κ1) is 13.6. The van der Waals surface area contributed by atoms with Crippen molar-refractivity contribution in [2.24, 2.45) is 5.84 Å². The normalized spacial score (nSPS) is 10.3. The van der Waals surface area contributed by atoms with Crippen molar-refractivity contribution in [3.8, 4) is 0 Å². The molecule has 0 aliphatic rings. The van der Waals surface area contributed by atoms with Crippen LogP contribution in [0.4, 0.5) is 16.2 Å². The molecule has 0 saturated carbocycles. The minimum atomic E-state index is -0.501. The van der Waals surface area contributed by atoms with Crippen molar-refractivity contribution in [3.63, 3.8) is 0 Å². The Morgan fingerprint density at radius 2 is 2.29 bits per heavy atom. The van der Waals surface area contributed by atoms with Gasteiger partial charge < -0.3 is 10.1 Å². The second-order valence-electron chi connectivity index (χ2n) is 3.43. The third-order valence-electron chi connectivity index (χ3n) is 1.98. The average molecular weight is 243 g/mol. The van der Waals surface area contributed by atoms with Crippen molar-refractivity contribution in [1.82, 2.24) is 9.97 Å². The van der Waals surface area contributed by atoms with Crippen molar-refractivity contribution in [2.75, 3.05) is 30.5 Å². The fraction of sp³-hybridized carbons (Fsp3) is 0.600. The van der Waals surface area contributed by atoms with E-state index in [0.717, 1.165) is 25.6 Å². The molecule has 0 amide bonds. The Bertz CT molecular complexity index is 336. The third kappa shape index (κ3) is 4.92. The average Bonchev–Trinajstić information content (AvgIpc) is 2.35. The lowest BCUT2D eigenvalue weighted by Crippen LogP contribution is -2.14. The topological polar surface area (TPSA) is 85.1 Å². The first-order valence-electron chi connectivity index (χ1n) is 5.58. The van der Waals surface area contributed by atoms with Crippen LogP contribution < -0.4 is 16.6 Å². The number of hydrogen-bond acceptors (Lipinski definition) is 6. The molecule has 1 aromatic rings. The highest BCUT2D eigenvalue weighted by atomic mass is 19.1. The van der Waals surface area contributed by atoms with Crippen LogP contribution in [0.5, 0.6) is 0 Å². The number of ether oxygens (including phenoxy) is 1. The third-order valence-corrected chi connectivity index (χ3v) is 1.98. The summed E-state index contributed by atoms with van der Waals surface area (Å²) in [6.07, 6.45) is 2.85. The number of anilines is 2. The lowest BCUT2D eigenvalue weighted by molar-refractivity contribution is 0.134. The highest BCUT2D eigenvalue weighted by Gasteiger charge is 2.05. The van der Waals surface area contributed by atoms with Crippen LogP contribution in [-0.4, -0.2) is 29.7 Å². The number of rotatable bonds is 8. The maximum absolute atomic E-state index is 13.2. The lowest BCUT2D eigenvalue weighted by Gasteiger charge is -2.07. The van der Waals surface area contributed by atoms with E-state index in [9.17, 15) is 4.39 Å². The molecule has 6 nitrogen and oxygen atoms in total. The van der Waals surface area contributed by atoms with E-state index in [-0.39, 0.29) is 11.8 Å². The van der Waals surface area contributed by atoms with Gasteiger partial charge in [0.05, 0.1) is 6.20 Å². The number of nitrogens with one attached hydrogen (secondary N) is 2. The van der Waals surface area contributed by atoms with E-state index in [4.69, 9.17) is 10.6 Å². The van der Waals surface area contributed by atoms with E-state index in [1.165, 1.54) is 0 Å². The van der Waals surface area contributed by atoms with Gasteiger partial charge in [-0.15, -0.1) is 0 Å². The summed E-state index contributed by atoms with van der Waals surface area (Å²) in [5.74, 6) is 4.95. The predicted octanol–water partition coefficient (Wildman–Crippen LogP) is 1.13. The van der Waals surface area contributed by atoms with Gasteiger partial charge in [-0.25, -0.2) is 15.2 Å². The molecule has 17 heavy (non-hydrogen) atoms. The van der Waals surface area contributed by atoms with Crippen molar-refractivity contribution in [3.05, 3.63) is 12.0 Å². The highest BCUT2D eigenvalue weighted by Crippen LogP contribution is 2.10. The van der Waals surface area contributed by atoms with Crippen molar-refractivity contribution in [1.29, 1.82) is 0 Å². The zero-order valence-corrected chi connectivity index (χ0v) is 9.87. The molecule has 0 radical (unpaired) electrons. The Hall–Kier alpha value is -1.47. The van der Waals surface area contributed by atoms with Gasteiger partial charge in [-0.1, -0.05) is 6.92 Å². The van der Waals surface area contributed by atoms with Crippen LogP contribution in [0.2, 0.25) is 0 Å². The van der Waals surface area contributed by atoms with Crippen LogP contribution in [0.25, 0.3) is 0 Å². The molecule has 0 aliphatic heterocycles. The van der Waals surface area contributed by atoms with Gasteiger partial charge in [0.25, 0.3) is 0 Å². The van der Waals surface area contributed by atoms with E-state index in [1.54, 1.807) is 0 Å². The number of nitrogens with two attached hydrogens (primary N) is 1. The van der Waals surface area contributed by atoms with Crippen LogP contribution in [-0.2, 0) is 4.74 Å². The van der Waals surface area contributed by atoms with Crippen LogP contribution >= 0.6 is 0 Å². The van der Waals surface area contributed by atoms with Crippen LogP contribution in [0, 0.1) is 5.82 Å². The smallest absolute Gasteiger partial charge is 0.239 e. The molecule has 0 spiro atoms. The summed E-state index contributed by atoms with van der Waals surface area (Å²) >= 11 is 0. The van der Waals surface area contributed by atoms with Gasteiger partial charge in [0.2, 0.25) is 5.95 Å². The summed E-state index contributed by atoms with van der Waals surface area (Å²) in [5.41, 5.74) is 2.26. The number of nitrogens with zero attached hydrogens (tertiary/aromatic N) is 2. The molecular formula is C10H18FN5O. The fourth-order valence-corrected chi connectivity index (χ4v) is 1.19. The van der Waals surface area contributed by atoms with Gasteiger partial charge in [0.1, 0.15) is 0 Å². The monoisotopic (exact) mass is 243 g/mol. The highest BCUT2D eigenvalue weighted by molar-refractivity contribution is 5.40. The summed E-state index contributed by atoms with van der Waals surface area (Å²) in [7, 11) is 0. The predicted molar refractivity (Wildman–Crippen MR) is 64.0 cm³/mol. The van der Waals surface area contributed by atoms with Gasteiger partial charge in [0, 0.05) is 19.8 Å². The molecule has 96 valence electrons. The fourth-order valence-electron chi connectivity index (χ4n) is 1.19. The molecule has 4 N–H and O–H groups in total. The first-order valence-corrected chi connectivity index (χ1v) is 5.58. The number of halogens is 1. The van der Waals surface area contributed by atoms with Crippen LogP contribution in [0.15, 0.2) is 6.20 Å². The summed E-state index contributed by atoms with van der Waals surface area (Å²) in [6.45, 7) is 4.04. The Morgan fingerprint density at radius 3 is 3.00 bits per heavy atom. The number of nitrogen functional groups attached to an aromatic ring is 1. The molecule has 0 aliphatic carbocycles. The zero-order valence-electron chi connectivity index (χ0n) is 9.87. The number of aromatic nitrogens is 2. The second kappa shape index (κ2) is 7.75. The molecule has 1 heterocycles. The van der Waals surface area contributed by atoms with Gasteiger partial charge in [0.15, 0.2) is 11.6 Å². The van der Waals surface area contributed by atoms with E-state index in [0.29, 0.717) is 13.2 Å². The molecule has 0 aromatic carbocycles. The van der Waals surface area contributed by atoms with Gasteiger partial charge in [-0.3, -0.25) is 5.43 Å². The van der Waals surface area contributed by atoms with Crippen LogP contribution in [0.3, 0.4) is 0 Å². The first-order chi connectivity index (χ1) is 8.27. The minimum Gasteiger partial charge on any atom is -0.381 e. The largest absolute Gasteiger partial charge is 0.381 e. The molecule has 1 rings (SSSR count). The van der Waals surface area contributed by atoms with Crippen molar-refractivity contribution in [2.45, 2.75) is 19.8 Å². The molecular weight excluding hydrogens is 225 g/mol. The van der Waals surface area contributed by atoms with Gasteiger partial charge in [-0.2, -0.15) is 4.98 Å². The Kier molecular flexibility index (Phi) is 6.19. The van der Waals surface area contributed by atoms with E-state index in [2.05, 4.69) is 27.6 Å². The molecule has 0 unspecified atom stereocenters. The standard InChI is InChI=1S/C10H18FN5O/c1-2-5-17-6-3-4-13-9-8(11)7-14-10(15-9)16-12/h7H,2-6,12H2,1H3,(H2,13,14,15,16). The van der Waals surface area contributed by atoms with E-state index in [1.807, 2.05) is 0 Å². The van der Waals surface area contributed by atoms with Crippen LogP contribution in [0.1, 0.15) is 19.8 Å². The maximum atomic E-state index is 13.2. The van der Waals surface area contributed by atoms with Gasteiger partial charge in [-0.05, 0) is 12.8 Å². The van der Waals surface area contributed by atoms with Gasteiger partial charge >= 0.3 is 0 Å².